The lowest BCUT2D eigenvalue weighted by atomic mass is 10.1. The van der Waals surface area contributed by atoms with Gasteiger partial charge in [0, 0.05) is 30.0 Å². The minimum atomic E-state index is -0.525. The molecule has 30 heavy (non-hydrogen) atoms. The lowest BCUT2D eigenvalue weighted by Crippen LogP contribution is -2.35. The van der Waals surface area contributed by atoms with E-state index in [-0.39, 0.29) is 31.4 Å². The van der Waals surface area contributed by atoms with Gasteiger partial charge in [-0.2, -0.15) is 0 Å². The van der Waals surface area contributed by atoms with Crippen molar-refractivity contribution < 1.29 is 23.9 Å². The molecule has 2 amide bonds. The average molecular weight is 480 g/mol. The molecule has 0 aliphatic carbocycles. The van der Waals surface area contributed by atoms with Crippen LogP contribution in [0.15, 0.2) is 22.7 Å². The number of esters is 1. The summed E-state index contributed by atoms with van der Waals surface area (Å²) in [5.41, 5.74) is 3.16. The number of carbonyl (C=O) groups is 3. The zero-order valence-electron chi connectivity index (χ0n) is 17.7. The highest BCUT2D eigenvalue weighted by molar-refractivity contribution is 9.10. The highest BCUT2D eigenvalue weighted by Gasteiger charge is 2.25. The van der Waals surface area contributed by atoms with Crippen molar-refractivity contribution in [3.63, 3.8) is 0 Å². The Kier molecular flexibility index (Phi) is 8.19. The highest BCUT2D eigenvalue weighted by atomic mass is 79.9. The molecule has 0 atom stereocenters. The molecule has 0 unspecified atom stereocenters. The zero-order valence-corrected chi connectivity index (χ0v) is 19.3. The second-order valence-electron chi connectivity index (χ2n) is 6.92. The number of H-pyrrole nitrogens is 1. The van der Waals surface area contributed by atoms with Crippen molar-refractivity contribution in [3.05, 3.63) is 50.8 Å². The van der Waals surface area contributed by atoms with Crippen molar-refractivity contribution in [1.82, 2.24) is 9.88 Å². The first-order chi connectivity index (χ1) is 14.1. The Morgan fingerprint density at radius 3 is 2.50 bits per heavy atom. The van der Waals surface area contributed by atoms with E-state index in [2.05, 4.69) is 26.2 Å². The van der Waals surface area contributed by atoms with E-state index in [0.717, 1.165) is 10.0 Å². The van der Waals surface area contributed by atoms with Gasteiger partial charge in [0.25, 0.3) is 5.91 Å². The molecule has 0 aliphatic heterocycles. The smallest absolute Gasteiger partial charge is 0.340 e. The maximum absolute atomic E-state index is 12.8. The van der Waals surface area contributed by atoms with Crippen molar-refractivity contribution >= 4 is 39.4 Å². The number of benzene rings is 1. The number of anilines is 1. The molecule has 8 nitrogen and oxygen atoms in total. The molecule has 162 valence electrons. The molecule has 0 aliphatic rings. The summed E-state index contributed by atoms with van der Waals surface area (Å²) in [7, 11) is 3.05. The molecule has 9 heteroatoms. The second kappa shape index (κ2) is 10.4. The molecular formula is C21H26BrN3O5. The van der Waals surface area contributed by atoms with E-state index < -0.39 is 11.9 Å². The summed E-state index contributed by atoms with van der Waals surface area (Å²) in [5.74, 6) is -1.24. The topological polar surface area (TPSA) is 101 Å². The predicted octanol–water partition coefficient (Wildman–Crippen LogP) is 3.22. The number of nitrogens with one attached hydrogen (secondary N) is 2. The maximum atomic E-state index is 12.8. The molecule has 0 saturated heterocycles. The number of methoxy groups -OCH3 is 1. The number of ether oxygens (including phenoxy) is 2. The van der Waals surface area contributed by atoms with Gasteiger partial charge in [-0.05, 0) is 50.1 Å². The minimum Gasteiger partial charge on any atom is -0.460 e. The van der Waals surface area contributed by atoms with Gasteiger partial charge >= 0.3 is 5.97 Å². The molecule has 1 aromatic heterocycles. The first-order valence-corrected chi connectivity index (χ1v) is 10.1. The number of carbonyl (C=O) groups excluding carboxylic acids is 3. The molecule has 2 rings (SSSR count). The van der Waals surface area contributed by atoms with Gasteiger partial charge in [0.05, 0.1) is 18.7 Å². The molecule has 1 aromatic carbocycles. The summed E-state index contributed by atoms with van der Waals surface area (Å²) in [6.07, 6.45) is 0. The van der Waals surface area contributed by atoms with Gasteiger partial charge in [-0.3, -0.25) is 9.59 Å². The lowest BCUT2D eigenvalue weighted by Gasteiger charge is -2.17. The maximum Gasteiger partial charge on any atom is 0.340 e. The number of likely N-dealkylation sites (N-methyl/N-ethyl adjacent to an activating group) is 1. The number of aromatic amines is 1. The number of rotatable bonds is 8. The van der Waals surface area contributed by atoms with Gasteiger partial charge in [-0.15, -0.1) is 0 Å². The van der Waals surface area contributed by atoms with Crippen LogP contribution in [-0.2, 0) is 14.3 Å². The number of aromatic nitrogens is 1. The largest absolute Gasteiger partial charge is 0.460 e. The fraction of sp³-hybridized carbons (Fsp3) is 0.381. The zero-order chi connectivity index (χ0) is 22.4. The Labute approximate surface area is 184 Å². The number of hydrogen-bond acceptors (Lipinski definition) is 5. The van der Waals surface area contributed by atoms with Gasteiger partial charge in [0.2, 0.25) is 5.91 Å². The highest BCUT2D eigenvalue weighted by Crippen LogP contribution is 2.21. The Morgan fingerprint density at radius 2 is 1.87 bits per heavy atom. The van der Waals surface area contributed by atoms with Crippen LogP contribution in [0.1, 0.15) is 37.7 Å². The SMILES string of the molecule is COCCOC(=O)c1c(C)[nH]c(C(=O)N(C)CC(=O)Nc2ccc(Br)cc2C)c1C. The Morgan fingerprint density at radius 1 is 1.17 bits per heavy atom. The fourth-order valence-corrected chi connectivity index (χ4v) is 3.47. The van der Waals surface area contributed by atoms with E-state index in [1.165, 1.54) is 19.1 Å². The van der Waals surface area contributed by atoms with Crippen LogP contribution in [0, 0.1) is 20.8 Å². The Bertz CT molecular complexity index is 954. The molecule has 1 heterocycles. The van der Waals surface area contributed by atoms with E-state index in [1.807, 2.05) is 19.1 Å². The third kappa shape index (κ3) is 5.70. The second-order valence-corrected chi connectivity index (χ2v) is 7.84. The first-order valence-electron chi connectivity index (χ1n) is 9.32. The van der Waals surface area contributed by atoms with Gasteiger partial charge in [-0.1, -0.05) is 15.9 Å². The normalized spacial score (nSPS) is 10.6. The van der Waals surface area contributed by atoms with Crippen LogP contribution in [0.5, 0.6) is 0 Å². The first kappa shape index (κ1) is 23.6. The number of halogens is 1. The monoisotopic (exact) mass is 479 g/mol. The van der Waals surface area contributed by atoms with Crippen molar-refractivity contribution in [1.29, 1.82) is 0 Å². The average Bonchev–Trinajstić information content (AvgIpc) is 2.97. The van der Waals surface area contributed by atoms with Gasteiger partial charge < -0.3 is 24.7 Å². The number of aryl methyl sites for hydroxylation is 2. The minimum absolute atomic E-state index is 0.123. The number of amides is 2. The summed E-state index contributed by atoms with van der Waals surface area (Å²) in [6.45, 7) is 5.52. The van der Waals surface area contributed by atoms with Gasteiger partial charge in [0.1, 0.15) is 12.3 Å². The van der Waals surface area contributed by atoms with E-state index >= 15 is 0 Å². The lowest BCUT2D eigenvalue weighted by molar-refractivity contribution is -0.116. The van der Waals surface area contributed by atoms with Crippen LogP contribution < -0.4 is 5.32 Å². The van der Waals surface area contributed by atoms with E-state index in [1.54, 1.807) is 19.9 Å². The molecule has 2 aromatic rings. The molecular weight excluding hydrogens is 454 g/mol. The van der Waals surface area contributed by atoms with Gasteiger partial charge in [0.15, 0.2) is 0 Å². The summed E-state index contributed by atoms with van der Waals surface area (Å²) in [6, 6.07) is 5.51. The van der Waals surface area contributed by atoms with Crippen LogP contribution in [0.2, 0.25) is 0 Å². The van der Waals surface area contributed by atoms with Crippen LogP contribution in [0.25, 0.3) is 0 Å². The summed E-state index contributed by atoms with van der Waals surface area (Å²) < 4.78 is 10.9. The summed E-state index contributed by atoms with van der Waals surface area (Å²) in [4.78, 5) is 41.8. The van der Waals surface area contributed by atoms with Crippen molar-refractivity contribution in [2.45, 2.75) is 20.8 Å². The van der Waals surface area contributed by atoms with Crippen LogP contribution in [0.4, 0.5) is 5.69 Å². The summed E-state index contributed by atoms with van der Waals surface area (Å²) >= 11 is 3.38. The van der Waals surface area contributed by atoms with Crippen LogP contribution >= 0.6 is 15.9 Å². The molecule has 0 fully saturated rings. The number of hydrogen-bond donors (Lipinski definition) is 2. The van der Waals surface area contributed by atoms with Crippen molar-refractivity contribution in [3.8, 4) is 0 Å². The van der Waals surface area contributed by atoms with E-state index in [4.69, 9.17) is 9.47 Å². The third-order valence-electron chi connectivity index (χ3n) is 4.57. The van der Waals surface area contributed by atoms with Gasteiger partial charge in [-0.25, -0.2) is 4.79 Å². The van der Waals surface area contributed by atoms with Crippen molar-refractivity contribution in [2.24, 2.45) is 0 Å². The van der Waals surface area contributed by atoms with E-state index in [9.17, 15) is 14.4 Å². The molecule has 0 radical (unpaired) electrons. The quantitative estimate of drug-likeness (QED) is 0.447. The van der Waals surface area contributed by atoms with Crippen LogP contribution in [0.3, 0.4) is 0 Å². The Balaban J connectivity index is 2.07. The number of nitrogens with zero attached hydrogens (tertiary/aromatic N) is 1. The molecule has 0 saturated carbocycles. The van der Waals surface area contributed by atoms with Crippen molar-refractivity contribution in [2.75, 3.05) is 39.2 Å². The van der Waals surface area contributed by atoms with Crippen LogP contribution in [-0.4, -0.2) is 61.6 Å². The fourth-order valence-electron chi connectivity index (χ4n) is 3.00. The Hall–Kier alpha value is -2.65. The molecule has 0 bridgehead atoms. The molecule has 0 spiro atoms. The predicted molar refractivity (Wildman–Crippen MR) is 117 cm³/mol. The molecule has 2 N–H and O–H groups in total. The summed E-state index contributed by atoms with van der Waals surface area (Å²) in [5, 5.41) is 2.80. The van der Waals surface area contributed by atoms with E-state index in [0.29, 0.717) is 22.5 Å². The third-order valence-corrected chi connectivity index (χ3v) is 5.06. The standard InChI is InChI=1S/C21H26BrN3O5/c1-12-10-15(22)6-7-16(12)24-17(26)11-25(4)20(27)19-13(2)18(14(3)23-19)21(28)30-9-8-29-5/h6-7,10,23H,8-9,11H2,1-5H3,(H,24,26).